The molecule has 0 spiro atoms. The molecule has 0 unspecified atom stereocenters. The van der Waals surface area contributed by atoms with Crippen molar-refractivity contribution in [2.45, 2.75) is 11.4 Å². The highest BCUT2D eigenvalue weighted by molar-refractivity contribution is 7.92. The van der Waals surface area contributed by atoms with Gasteiger partial charge in [-0.05, 0) is 35.9 Å². The summed E-state index contributed by atoms with van der Waals surface area (Å²) < 4.78 is 27.2. The summed E-state index contributed by atoms with van der Waals surface area (Å²) in [5.74, 6) is -0.308. The zero-order chi connectivity index (χ0) is 18.7. The van der Waals surface area contributed by atoms with Crippen molar-refractivity contribution >= 4 is 27.6 Å². The van der Waals surface area contributed by atoms with E-state index in [1.807, 2.05) is 6.07 Å². The predicted molar refractivity (Wildman–Crippen MR) is 92.4 cm³/mol. The van der Waals surface area contributed by atoms with Crippen LogP contribution in [0.4, 0.5) is 10.5 Å². The highest BCUT2D eigenvalue weighted by Gasteiger charge is 2.28. The second-order valence-corrected chi connectivity index (χ2v) is 7.26. The Morgan fingerprint density at radius 2 is 1.88 bits per heavy atom. The van der Waals surface area contributed by atoms with Gasteiger partial charge in [-0.3, -0.25) is 14.4 Å². The number of nitriles is 1. The first-order chi connectivity index (χ1) is 12.4. The quantitative estimate of drug-likeness (QED) is 0.771. The highest BCUT2D eigenvalue weighted by Crippen LogP contribution is 2.18. The number of nitrogens with one attached hydrogen (secondary N) is 2. The van der Waals surface area contributed by atoms with Gasteiger partial charge in [-0.25, -0.2) is 13.2 Å². The van der Waals surface area contributed by atoms with Gasteiger partial charge in [-0.1, -0.05) is 18.2 Å². The Hall–Kier alpha value is -3.38. The molecule has 0 saturated carbocycles. The molecule has 1 heterocycles. The van der Waals surface area contributed by atoms with E-state index in [0.29, 0.717) is 11.3 Å². The third-order valence-electron chi connectivity index (χ3n) is 3.76. The van der Waals surface area contributed by atoms with Gasteiger partial charge < -0.3 is 5.32 Å². The van der Waals surface area contributed by atoms with E-state index in [2.05, 4.69) is 10.0 Å². The molecule has 1 fully saturated rings. The standard InChI is InChI=1S/C17H14N4O4S/c18-9-13-2-1-3-15(8-13)26(24,25)20-14-6-4-12(5-7-14)11-21-16(22)10-19-17(21)23/h1-8,20H,10-11H2,(H,19,23). The third-order valence-corrected chi connectivity index (χ3v) is 5.14. The summed E-state index contributed by atoms with van der Waals surface area (Å²) in [6, 6.07) is 13.5. The lowest BCUT2D eigenvalue weighted by atomic mass is 10.2. The van der Waals surface area contributed by atoms with Gasteiger partial charge in [0.25, 0.3) is 10.0 Å². The number of carbonyl (C=O) groups is 2. The van der Waals surface area contributed by atoms with Gasteiger partial charge in [0.15, 0.2) is 0 Å². The van der Waals surface area contributed by atoms with E-state index in [1.54, 1.807) is 24.3 Å². The lowest BCUT2D eigenvalue weighted by molar-refractivity contribution is -0.125. The number of nitrogens with zero attached hydrogens (tertiary/aromatic N) is 2. The molecule has 0 atom stereocenters. The van der Waals surface area contributed by atoms with E-state index in [9.17, 15) is 18.0 Å². The average Bonchev–Trinajstić information content (AvgIpc) is 2.95. The van der Waals surface area contributed by atoms with Crippen LogP contribution in [0, 0.1) is 11.3 Å². The van der Waals surface area contributed by atoms with E-state index in [4.69, 9.17) is 5.26 Å². The van der Waals surface area contributed by atoms with Crippen LogP contribution in [-0.4, -0.2) is 31.8 Å². The normalized spacial score (nSPS) is 14.0. The van der Waals surface area contributed by atoms with Crippen LogP contribution in [0.2, 0.25) is 0 Å². The molecule has 0 aromatic heterocycles. The van der Waals surface area contributed by atoms with Crippen molar-refractivity contribution in [1.82, 2.24) is 10.2 Å². The van der Waals surface area contributed by atoms with Crippen molar-refractivity contribution in [2.24, 2.45) is 0 Å². The molecule has 1 saturated heterocycles. The Morgan fingerprint density at radius 1 is 1.15 bits per heavy atom. The summed E-state index contributed by atoms with van der Waals surface area (Å²) >= 11 is 0. The second kappa shape index (κ2) is 6.85. The molecule has 9 heteroatoms. The fourth-order valence-electron chi connectivity index (χ4n) is 2.42. The Balaban J connectivity index is 1.73. The third kappa shape index (κ3) is 3.65. The highest BCUT2D eigenvalue weighted by atomic mass is 32.2. The zero-order valence-corrected chi connectivity index (χ0v) is 14.3. The minimum Gasteiger partial charge on any atom is -0.329 e. The van der Waals surface area contributed by atoms with Gasteiger partial charge in [0.2, 0.25) is 5.91 Å². The SMILES string of the molecule is N#Cc1cccc(S(=O)(=O)Nc2ccc(CN3C(=O)CNC3=O)cc2)c1. The first kappa shape index (κ1) is 17.4. The fraction of sp³-hybridized carbons (Fsp3) is 0.118. The number of rotatable bonds is 5. The van der Waals surface area contributed by atoms with E-state index < -0.39 is 16.1 Å². The van der Waals surface area contributed by atoms with Crippen LogP contribution < -0.4 is 10.0 Å². The molecule has 132 valence electrons. The smallest absolute Gasteiger partial charge is 0.324 e. The number of imide groups is 1. The second-order valence-electron chi connectivity index (χ2n) is 5.58. The maximum Gasteiger partial charge on any atom is 0.324 e. The molecule has 0 radical (unpaired) electrons. The fourth-order valence-corrected chi connectivity index (χ4v) is 3.53. The minimum atomic E-state index is -3.83. The number of anilines is 1. The van der Waals surface area contributed by atoms with Crippen LogP contribution in [0.15, 0.2) is 53.4 Å². The Bertz CT molecular complexity index is 994. The average molecular weight is 370 g/mol. The van der Waals surface area contributed by atoms with Crippen molar-refractivity contribution in [1.29, 1.82) is 5.26 Å². The molecule has 3 rings (SSSR count). The summed E-state index contributed by atoms with van der Waals surface area (Å²) in [5.41, 5.74) is 1.26. The zero-order valence-electron chi connectivity index (χ0n) is 13.5. The van der Waals surface area contributed by atoms with Crippen LogP contribution in [-0.2, 0) is 21.4 Å². The maximum absolute atomic E-state index is 12.4. The molecule has 1 aliphatic rings. The molecule has 2 aromatic carbocycles. The van der Waals surface area contributed by atoms with Crippen molar-refractivity contribution in [3.05, 3.63) is 59.7 Å². The number of benzene rings is 2. The van der Waals surface area contributed by atoms with Crippen molar-refractivity contribution < 1.29 is 18.0 Å². The van der Waals surface area contributed by atoms with Gasteiger partial charge in [0.05, 0.1) is 29.6 Å². The molecule has 2 aromatic rings. The predicted octanol–water partition coefficient (Wildman–Crippen LogP) is 1.41. The van der Waals surface area contributed by atoms with E-state index in [0.717, 1.165) is 4.90 Å². The Labute approximate surface area is 150 Å². The van der Waals surface area contributed by atoms with Crippen LogP contribution in [0.3, 0.4) is 0 Å². The van der Waals surface area contributed by atoms with Gasteiger partial charge >= 0.3 is 6.03 Å². The molecule has 3 amide bonds. The van der Waals surface area contributed by atoms with Gasteiger partial charge in [0.1, 0.15) is 0 Å². The molecular weight excluding hydrogens is 356 g/mol. The van der Waals surface area contributed by atoms with E-state index in [1.165, 1.54) is 24.3 Å². The van der Waals surface area contributed by atoms with Crippen molar-refractivity contribution in [3.63, 3.8) is 0 Å². The maximum atomic E-state index is 12.4. The van der Waals surface area contributed by atoms with Crippen LogP contribution in [0.25, 0.3) is 0 Å². The van der Waals surface area contributed by atoms with Crippen LogP contribution in [0.5, 0.6) is 0 Å². The molecule has 8 nitrogen and oxygen atoms in total. The van der Waals surface area contributed by atoms with E-state index >= 15 is 0 Å². The van der Waals surface area contributed by atoms with Gasteiger partial charge in [-0.2, -0.15) is 5.26 Å². The first-order valence-electron chi connectivity index (χ1n) is 7.59. The molecule has 2 N–H and O–H groups in total. The molecular formula is C17H14N4O4S. The van der Waals surface area contributed by atoms with Crippen molar-refractivity contribution in [2.75, 3.05) is 11.3 Å². The topological polar surface area (TPSA) is 119 Å². The van der Waals surface area contributed by atoms with Crippen molar-refractivity contribution in [3.8, 4) is 6.07 Å². The number of sulfonamides is 1. The Morgan fingerprint density at radius 3 is 2.50 bits per heavy atom. The first-order valence-corrected chi connectivity index (χ1v) is 9.07. The molecule has 0 aliphatic carbocycles. The van der Waals surface area contributed by atoms with E-state index in [-0.39, 0.29) is 29.5 Å². The summed E-state index contributed by atoms with van der Waals surface area (Å²) in [7, 11) is -3.83. The van der Waals surface area contributed by atoms with Gasteiger partial charge in [-0.15, -0.1) is 0 Å². The number of urea groups is 1. The number of carbonyl (C=O) groups excluding carboxylic acids is 2. The van der Waals surface area contributed by atoms with Gasteiger partial charge in [0, 0.05) is 5.69 Å². The summed E-state index contributed by atoms with van der Waals surface area (Å²) in [4.78, 5) is 24.2. The lowest BCUT2D eigenvalue weighted by Crippen LogP contribution is -2.30. The van der Waals surface area contributed by atoms with Crippen LogP contribution in [0.1, 0.15) is 11.1 Å². The molecule has 26 heavy (non-hydrogen) atoms. The Kier molecular flexibility index (Phi) is 4.60. The summed E-state index contributed by atoms with van der Waals surface area (Å²) in [5, 5.41) is 11.3. The lowest BCUT2D eigenvalue weighted by Gasteiger charge is -2.13. The number of hydrogen-bond acceptors (Lipinski definition) is 5. The monoisotopic (exact) mass is 370 g/mol. The number of amides is 3. The van der Waals surface area contributed by atoms with Crippen LogP contribution >= 0.6 is 0 Å². The minimum absolute atomic E-state index is 0.0139. The summed E-state index contributed by atoms with van der Waals surface area (Å²) in [6.45, 7) is 0.0976. The largest absolute Gasteiger partial charge is 0.329 e. The summed E-state index contributed by atoms with van der Waals surface area (Å²) in [6.07, 6.45) is 0. The molecule has 1 aliphatic heterocycles. The molecule has 0 bridgehead atoms. The number of hydrogen-bond donors (Lipinski definition) is 2.